The average molecular weight is 227 g/mol. The molecule has 16 heavy (non-hydrogen) atoms. The quantitative estimate of drug-likeness (QED) is 0.726. The highest BCUT2D eigenvalue weighted by Crippen LogP contribution is 2.38. The van der Waals surface area contributed by atoms with Gasteiger partial charge in [-0.1, -0.05) is 12.1 Å². The van der Waals surface area contributed by atoms with E-state index in [0.717, 1.165) is 19.3 Å². The van der Waals surface area contributed by atoms with Crippen LogP contribution in [0.15, 0.2) is 24.3 Å². The number of benzene rings is 1. The van der Waals surface area contributed by atoms with Crippen LogP contribution in [-0.2, 0) is 6.18 Å². The summed E-state index contributed by atoms with van der Waals surface area (Å²) >= 11 is 0. The molecule has 0 unspecified atom stereocenters. The molecule has 0 N–H and O–H groups in total. The smallest absolute Gasteiger partial charge is 0.419 e. The number of rotatable bonds is 2. The van der Waals surface area contributed by atoms with E-state index >= 15 is 0 Å². The van der Waals surface area contributed by atoms with Crippen molar-refractivity contribution in [3.05, 3.63) is 35.4 Å². The molecular weight excluding hydrogens is 219 g/mol. The highest BCUT2D eigenvalue weighted by atomic mass is 19.4. The largest absolute Gasteiger partial charge is 0.495 e. The van der Waals surface area contributed by atoms with Crippen molar-refractivity contribution in [3.8, 4) is 11.8 Å². The van der Waals surface area contributed by atoms with Gasteiger partial charge in [-0.05, 0) is 12.1 Å². The summed E-state index contributed by atoms with van der Waals surface area (Å²) in [4.78, 5) is 0. The van der Waals surface area contributed by atoms with Crippen LogP contribution in [0.3, 0.4) is 0 Å². The second kappa shape index (κ2) is 4.71. The first-order valence-corrected chi connectivity index (χ1v) is 4.31. The lowest BCUT2D eigenvalue weighted by Crippen LogP contribution is -2.08. The Balaban J connectivity index is 3.33. The van der Waals surface area contributed by atoms with Crippen molar-refractivity contribution < 1.29 is 17.9 Å². The molecule has 84 valence electrons. The van der Waals surface area contributed by atoms with E-state index in [9.17, 15) is 13.2 Å². The molecule has 0 spiro atoms. The predicted molar refractivity (Wildman–Crippen MR) is 52.6 cm³/mol. The Morgan fingerprint density at radius 1 is 1.38 bits per heavy atom. The maximum atomic E-state index is 12.6. The molecule has 1 rings (SSSR count). The summed E-state index contributed by atoms with van der Waals surface area (Å²) in [6.07, 6.45) is -2.10. The fraction of sp³-hybridized carbons (Fsp3) is 0.182. The topological polar surface area (TPSA) is 33.0 Å². The molecule has 2 nitrogen and oxygen atoms in total. The summed E-state index contributed by atoms with van der Waals surface area (Å²) in [5, 5.41) is 8.32. The lowest BCUT2D eigenvalue weighted by Gasteiger charge is -2.13. The molecule has 5 heteroatoms. The van der Waals surface area contributed by atoms with E-state index in [0.29, 0.717) is 0 Å². The van der Waals surface area contributed by atoms with E-state index in [4.69, 9.17) is 10.00 Å². The zero-order chi connectivity index (χ0) is 12.2. The average Bonchev–Trinajstić information content (AvgIpc) is 2.24. The van der Waals surface area contributed by atoms with E-state index in [1.807, 2.05) is 0 Å². The van der Waals surface area contributed by atoms with Gasteiger partial charge in [0.1, 0.15) is 5.75 Å². The van der Waals surface area contributed by atoms with Gasteiger partial charge in [0.25, 0.3) is 0 Å². The van der Waals surface area contributed by atoms with Crippen LogP contribution in [0.4, 0.5) is 13.2 Å². The first-order chi connectivity index (χ1) is 7.50. The van der Waals surface area contributed by atoms with Crippen molar-refractivity contribution in [3.63, 3.8) is 0 Å². The molecule has 1 aromatic carbocycles. The number of allylic oxidation sites excluding steroid dienone is 1. The summed E-state index contributed by atoms with van der Waals surface area (Å²) in [6, 6.07) is 5.35. The molecule has 0 saturated heterocycles. The molecule has 0 bridgehead atoms. The number of hydrogen-bond acceptors (Lipinski definition) is 2. The van der Waals surface area contributed by atoms with Crippen LogP contribution < -0.4 is 4.74 Å². The summed E-state index contributed by atoms with van der Waals surface area (Å²) in [6.45, 7) is 0. The normalized spacial score (nSPS) is 11.4. The van der Waals surface area contributed by atoms with Crippen LogP contribution in [-0.4, -0.2) is 7.11 Å². The third kappa shape index (κ3) is 2.54. The van der Waals surface area contributed by atoms with Crippen molar-refractivity contribution >= 4 is 6.08 Å². The van der Waals surface area contributed by atoms with Gasteiger partial charge in [0, 0.05) is 11.6 Å². The van der Waals surface area contributed by atoms with Crippen LogP contribution in [0, 0.1) is 11.3 Å². The van der Waals surface area contributed by atoms with Crippen LogP contribution in [0.2, 0.25) is 0 Å². The Labute approximate surface area is 90.6 Å². The number of nitrogens with zero attached hydrogens (tertiary/aromatic N) is 1. The minimum Gasteiger partial charge on any atom is -0.495 e. The number of methoxy groups -OCH3 is 1. The van der Waals surface area contributed by atoms with E-state index in [2.05, 4.69) is 0 Å². The monoisotopic (exact) mass is 227 g/mol. The van der Waals surface area contributed by atoms with Gasteiger partial charge in [-0.25, -0.2) is 0 Å². The van der Waals surface area contributed by atoms with Gasteiger partial charge in [0.2, 0.25) is 0 Å². The van der Waals surface area contributed by atoms with Gasteiger partial charge in [-0.2, -0.15) is 18.4 Å². The fourth-order valence-electron chi connectivity index (χ4n) is 1.26. The Kier molecular flexibility index (Phi) is 3.56. The fourth-order valence-corrected chi connectivity index (χ4v) is 1.26. The Morgan fingerprint density at radius 2 is 2.06 bits per heavy atom. The molecular formula is C11H8F3NO. The number of alkyl halides is 3. The lowest BCUT2D eigenvalue weighted by molar-refractivity contribution is -0.138. The van der Waals surface area contributed by atoms with Gasteiger partial charge in [-0.15, -0.1) is 0 Å². The van der Waals surface area contributed by atoms with Gasteiger partial charge in [0.15, 0.2) is 0 Å². The van der Waals surface area contributed by atoms with Gasteiger partial charge < -0.3 is 4.74 Å². The maximum absolute atomic E-state index is 12.6. The predicted octanol–water partition coefficient (Wildman–Crippen LogP) is 3.25. The Hall–Kier alpha value is -1.96. The molecule has 0 aliphatic heterocycles. The molecule has 1 aromatic rings. The zero-order valence-corrected chi connectivity index (χ0v) is 8.38. The standard InChI is InChI=1S/C11H8F3NO/c1-16-10-8(5-3-7-15)4-2-6-9(10)11(12,13)14/h2-6H,1H3. The van der Waals surface area contributed by atoms with E-state index < -0.39 is 11.7 Å². The van der Waals surface area contributed by atoms with Crippen molar-refractivity contribution in [1.82, 2.24) is 0 Å². The number of hydrogen-bond donors (Lipinski definition) is 0. The number of nitriles is 1. The molecule has 0 fully saturated rings. The number of ether oxygens (including phenoxy) is 1. The number of halogens is 3. The summed E-state index contributed by atoms with van der Waals surface area (Å²) < 4.78 is 42.4. The van der Waals surface area contributed by atoms with Crippen molar-refractivity contribution in [2.45, 2.75) is 6.18 Å². The molecule has 0 saturated carbocycles. The van der Waals surface area contributed by atoms with E-state index in [1.165, 1.54) is 18.2 Å². The van der Waals surface area contributed by atoms with Gasteiger partial charge in [-0.3, -0.25) is 0 Å². The minimum atomic E-state index is -4.47. The highest BCUT2D eigenvalue weighted by molar-refractivity contribution is 5.61. The molecule has 0 aliphatic rings. The van der Waals surface area contributed by atoms with Crippen molar-refractivity contribution in [1.29, 1.82) is 5.26 Å². The Morgan fingerprint density at radius 3 is 2.56 bits per heavy atom. The summed E-state index contributed by atoms with van der Waals surface area (Å²) in [5.74, 6) is -0.276. The molecule has 0 aliphatic carbocycles. The van der Waals surface area contributed by atoms with Crippen molar-refractivity contribution in [2.24, 2.45) is 0 Å². The van der Waals surface area contributed by atoms with E-state index in [-0.39, 0.29) is 11.3 Å². The van der Waals surface area contributed by atoms with Crippen LogP contribution in [0.1, 0.15) is 11.1 Å². The van der Waals surface area contributed by atoms with Crippen LogP contribution >= 0.6 is 0 Å². The molecule has 0 heterocycles. The second-order valence-corrected chi connectivity index (χ2v) is 2.89. The first kappa shape index (κ1) is 12.1. The molecule has 0 atom stereocenters. The third-order valence-electron chi connectivity index (χ3n) is 1.89. The molecule has 0 radical (unpaired) electrons. The first-order valence-electron chi connectivity index (χ1n) is 4.31. The van der Waals surface area contributed by atoms with E-state index in [1.54, 1.807) is 6.07 Å². The van der Waals surface area contributed by atoms with Gasteiger partial charge >= 0.3 is 6.18 Å². The molecule has 0 amide bonds. The SMILES string of the molecule is COc1c(C=CC#N)cccc1C(F)(F)F. The Bertz CT molecular complexity index is 444. The number of para-hydroxylation sites is 1. The minimum absolute atomic E-state index is 0.221. The second-order valence-electron chi connectivity index (χ2n) is 2.89. The maximum Gasteiger partial charge on any atom is 0.419 e. The van der Waals surface area contributed by atoms with Gasteiger partial charge in [0.05, 0.1) is 18.7 Å². The van der Waals surface area contributed by atoms with Crippen LogP contribution in [0.5, 0.6) is 5.75 Å². The van der Waals surface area contributed by atoms with Crippen LogP contribution in [0.25, 0.3) is 6.08 Å². The lowest BCUT2D eigenvalue weighted by atomic mass is 10.1. The molecule has 0 aromatic heterocycles. The zero-order valence-electron chi connectivity index (χ0n) is 8.38. The summed E-state index contributed by atoms with van der Waals surface area (Å²) in [7, 11) is 1.16. The summed E-state index contributed by atoms with van der Waals surface area (Å²) in [5.41, 5.74) is -0.631. The third-order valence-corrected chi connectivity index (χ3v) is 1.89. The van der Waals surface area contributed by atoms with Crippen molar-refractivity contribution in [2.75, 3.05) is 7.11 Å². The highest BCUT2D eigenvalue weighted by Gasteiger charge is 2.34.